The van der Waals surface area contributed by atoms with Gasteiger partial charge in [0.1, 0.15) is 12.6 Å². The molecular weight excluding hydrogens is 630 g/mol. The SMILES string of the molecule is Cc1ccc(N(CC(=O)N(Cc2ccccc2C)[C@@H](Cc2ccccc2)C(=O)NC2CCCC2)S(=O)(=O)c2ccc(Cl)cc2)cc1C. The maximum Gasteiger partial charge on any atom is 0.264 e. The number of amides is 2. The van der Waals surface area contributed by atoms with Crippen LogP contribution in [0.25, 0.3) is 0 Å². The number of nitrogens with zero attached hydrogens (tertiary/aromatic N) is 2. The second kappa shape index (κ2) is 15.2. The summed E-state index contributed by atoms with van der Waals surface area (Å²) in [6.07, 6.45) is 4.18. The molecule has 1 fully saturated rings. The lowest BCUT2D eigenvalue weighted by molar-refractivity contribution is -0.140. The average Bonchev–Trinajstić information content (AvgIpc) is 3.57. The van der Waals surface area contributed by atoms with Crippen LogP contribution in [-0.4, -0.2) is 43.8 Å². The molecule has 1 saturated carbocycles. The van der Waals surface area contributed by atoms with Crippen LogP contribution in [0.4, 0.5) is 5.69 Å². The Kier molecular flexibility index (Phi) is 11.0. The Morgan fingerprint density at radius 1 is 0.830 bits per heavy atom. The Morgan fingerprint density at radius 3 is 2.15 bits per heavy atom. The highest BCUT2D eigenvalue weighted by Crippen LogP contribution is 2.28. The van der Waals surface area contributed by atoms with E-state index in [0.29, 0.717) is 10.7 Å². The zero-order valence-corrected chi connectivity index (χ0v) is 28.7. The van der Waals surface area contributed by atoms with Crippen LogP contribution in [0.15, 0.2) is 102 Å². The molecule has 2 amide bonds. The van der Waals surface area contributed by atoms with E-state index < -0.39 is 28.5 Å². The van der Waals surface area contributed by atoms with E-state index in [1.54, 1.807) is 17.0 Å². The van der Waals surface area contributed by atoms with E-state index in [4.69, 9.17) is 11.6 Å². The summed E-state index contributed by atoms with van der Waals surface area (Å²) < 4.78 is 29.7. The summed E-state index contributed by atoms with van der Waals surface area (Å²) in [6.45, 7) is 5.46. The van der Waals surface area contributed by atoms with E-state index in [1.165, 1.54) is 24.3 Å². The molecule has 1 aliphatic carbocycles. The molecule has 1 atom stereocenters. The van der Waals surface area contributed by atoms with Gasteiger partial charge in [-0.15, -0.1) is 0 Å². The first-order chi connectivity index (χ1) is 22.5. The Hall–Kier alpha value is -4.14. The lowest BCUT2D eigenvalue weighted by Gasteiger charge is -2.34. The van der Waals surface area contributed by atoms with Gasteiger partial charge in [-0.05, 0) is 97.8 Å². The molecule has 1 aliphatic rings. The number of halogens is 1. The molecule has 0 heterocycles. The number of hydrogen-bond acceptors (Lipinski definition) is 4. The lowest BCUT2D eigenvalue weighted by Crippen LogP contribution is -2.54. The van der Waals surface area contributed by atoms with Gasteiger partial charge in [-0.1, -0.05) is 85.1 Å². The molecule has 4 aromatic carbocycles. The van der Waals surface area contributed by atoms with Gasteiger partial charge < -0.3 is 10.2 Å². The summed E-state index contributed by atoms with van der Waals surface area (Å²) in [6, 6.07) is 27.8. The Balaban J connectivity index is 1.58. The highest BCUT2D eigenvalue weighted by atomic mass is 35.5. The fourth-order valence-electron chi connectivity index (χ4n) is 6.04. The van der Waals surface area contributed by atoms with Crippen LogP contribution in [0, 0.1) is 20.8 Å². The van der Waals surface area contributed by atoms with Crippen LogP contribution in [-0.2, 0) is 32.6 Å². The topological polar surface area (TPSA) is 86.8 Å². The number of sulfonamides is 1. The molecule has 0 saturated heterocycles. The van der Waals surface area contributed by atoms with Crippen molar-refractivity contribution >= 4 is 39.1 Å². The van der Waals surface area contributed by atoms with Crippen molar-refractivity contribution in [1.82, 2.24) is 10.2 Å². The van der Waals surface area contributed by atoms with Gasteiger partial charge in [0.25, 0.3) is 10.0 Å². The summed E-state index contributed by atoms with van der Waals surface area (Å²) in [5.41, 5.74) is 5.01. The number of anilines is 1. The van der Waals surface area contributed by atoms with E-state index in [1.807, 2.05) is 81.4 Å². The summed E-state index contributed by atoms with van der Waals surface area (Å²) in [4.78, 5) is 30.5. The van der Waals surface area contributed by atoms with Crippen LogP contribution in [0.3, 0.4) is 0 Å². The molecule has 4 aromatic rings. The van der Waals surface area contributed by atoms with Crippen LogP contribution >= 0.6 is 11.6 Å². The van der Waals surface area contributed by atoms with Gasteiger partial charge in [0.2, 0.25) is 11.8 Å². The van der Waals surface area contributed by atoms with Crippen molar-refractivity contribution in [1.29, 1.82) is 0 Å². The minimum Gasteiger partial charge on any atom is -0.352 e. The number of benzene rings is 4. The first-order valence-corrected chi connectivity index (χ1v) is 17.9. The third-order valence-corrected chi connectivity index (χ3v) is 11.1. The van der Waals surface area contributed by atoms with Gasteiger partial charge in [0, 0.05) is 24.0 Å². The molecule has 5 rings (SSSR count). The van der Waals surface area contributed by atoms with Crippen molar-refractivity contribution in [3.05, 3.63) is 130 Å². The number of rotatable bonds is 12. The zero-order chi connectivity index (χ0) is 33.6. The minimum atomic E-state index is -4.21. The smallest absolute Gasteiger partial charge is 0.264 e. The van der Waals surface area contributed by atoms with Crippen molar-refractivity contribution in [3.8, 4) is 0 Å². The highest BCUT2D eigenvalue weighted by molar-refractivity contribution is 7.92. The normalized spacial score (nSPS) is 14.0. The summed E-state index contributed by atoms with van der Waals surface area (Å²) in [5, 5.41) is 3.62. The van der Waals surface area contributed by atoms with E-state index in [-0.39, 0.29) is 29.8 Å². The van der Waals surface area contributed by atoms with Crippen LogP contribution in [0.1, 0.15) is 53.5 Å². The molecule has 0 aliphatic heterocycles. The molecule has 7 nitrogen and oxygen atoms in total. The summed E-state index contributed by atoms with van der Waals surface area (Å²) >= 11 is 6.10. The Morgan fingerprint density at radius 2 is 1.49 bits per heavy atom. The van der Waals surface area contributed by atoms with Gasteiger partial charge in [-0.2, -0.15) is 0 Å². The highest BCUT2D eigenvalue weighted by Gasteiger charge is 2.35. The monoisotopic (exact) mass is 671 g/mol. The standard InChI is InChI=1S/C38H42ClN3O4S/c1-27-17-20-34(23-29(27)3)42(47(45,46)35-21-18-32(39)19-22-35)26-37(43)41(25-31-14-8-7-11-28(31)2)36(24-30-12-5-4-6-13-30)38(44)40-33-15-9-10-16-33/h4-8,11-14,17-23,33,36H,9-10,15-16,24-26H2,1-3H3,(H,40,44)/t36-/m0/s1. The third-order valence-electron chi connectivity index (χ3n) is 9.03. The molecule has 0 spiro atoms. The predicted molar refractivity (Wildman–Crippen MR) is 188 cm³/mol. The predicted octanol–water partition coefficient (Wildman–Crippen LogP) is 7.16. The van der Waals surface area contributed by atoms with E-state index >= 15 is 0 Å². The van der Waals surface area contributed by atoms with Crippen LogP contribution < -0.4 is 9.62 Å². The molecule has 0 unspecified atom stereocenters. The van der Waals surface area contributed by atoms with Crippen LogP contribution in [0.2, 0.25) is 5.02 Å². The maximum atomic E-state index is 14.7. The molecule has 1 N–H and O–H groups in total. The first-order valence-electron chi connectivity index (χ1n) is 16.1. The van der Waals surface area contributed by atoms with Gasteiger partial charge in [-0.3, -0.25) is 13.9 Å². The van der Waals surface area contributed by atoms with Crippen molar-refractivity contribution in [3.63, 3.8) is 0 Å². The molecule has 47 heavy (non-hydrogen) atoms. The molecule has 246 valence electrons. The van der Waals surface area contributed by atoms with Crippen LogP contribution in [0.5, 0.6) is 0 Å². The Labute approximate surface area is 283 Å². The zero-order valence-electron chi connectivity index (χ0n) is 27.2. The number of aryl methyl sites for hydroxylation is 3. The number of nitrogens with one attached hydrogen (secondary N) is 1. The van der Waals surface area contributed by atoms with Gasteiger partial charge in [-0.25, -0.2) is 8.42 Å². The summed E-state index contributed by atoms with van der Waals surface area (Å²) in [7, 11) is -4.21. The molecule has 9 heteroatoms. The molecular formula is C38H42ClN3O4S. The minimum absolute atomic E-state index is 0.0122. The Bertz CT molecular complexity index is 1810. The summed E-state index contributed by atoms with van der Waals surface area (Å²) in [5.74, 6) is -0.715. The van der Waals surface area contributed by atoms with E-state index in [9.17, 15) is 18.0 Å². The van der Waals surface area contributed by atoms with E-state index in [0.717, 1.165) is 57.8 Å². The third kappa shape index (κ3) is 8.42. The quantitative estimate of drug-likeness (QED) is 0.173. The van der Waals surface area contributed by atoms with Crippen molar-refractivity contribution in [2.45, 2.75) is 76.4 Å². The number of carbonyl (C=O) groups excluding carboxylic acids is 2. The fraction of sp³-hybridized carbons (Fsp3) is 0.316. The fourth-order valence-corrected chi connectivity index (χ4v) is 7.57. The van der Waals surface area contributed by atoms with Crippen molar-refractivity contribution < 1.29 is 18.0 Å². The van der Waals surface area contributed by atoms with Gasteiger partial charge >= 0.3 is 0 Å². The average molecular weight is 672 g/mol. The second-order valence-electron chi connectivity index (χ2n) is 12.4. The van der Waals surface area contributed by atoms with Crippen molar-refractivity contribution in [2.24, 2.45) is 0 Å². The van der Waals surface area contributed by atoms with Crippen molar-refractivity contribution in [2.75, 3.05) is 10.8 Å². The maximum absolute atomic E-state index is 14.7. The first kappa shape index (κ1) is 34.2. The van der Waals surface area contributed by atoms with Gasteiger partial charge in [0.15, 0.2) is 0 Å². The molecule has 0 radical (unpaired) electrons. The largest absolute Gasteiger partial charge is 0.352 e. The van der Waals surface area contributed by atoms with E-state index in [2.05, 4.69) is 5.32 Å². The lowest BCUT2D eigenvalue weighted by atomic mass is 10.0. The molecule has 0 bridgehead atoms. The number of carbonyl (C=O) groups is 2. The van der Waals surface area contributed by atoms with Gasteiger partial charge in [0.05, 0.1) is 10.6 Å². The number of hydrogen-bond donors (Lipinski definition) is 1. The second-order valence-corrected chi connectivity index (χ2v) is 14.7. The molecule has 0 aromatic heterocycles.